The van der Waals surface area contributed by atoms with Gasteiger partial charge in [-0.25, -0.2) is 4.79 Å². The quantitative estimate of drug-likeness (QED) is 0.723. The van der Waals surface area contributed by atoms with Gasteiger partial charge in [0.25, 0.3) is 5.91 Å². The highest BCUT2D eigenvalue weighted by atomic mass is 35.5. The average molecular weight is 442 g/mol. The Hall–Kier alpha value is -3.06. The van der Waals surface area contributed by atoms with E-state index in [0.717, 1.165) is 11.1 Å². The van der Waals surface area contributed by atoms with Gasteiger partial charge < -0.3 is 15.0 Å². The maximum absolute atomic E-state index is 13.2. The van der Waals surface area contributed by atoms with Crippen molar-refractivity contribution >= 4 is 29.4 Å². The van der Waals surface area contributed by atoms with Crippen molar-refractivity contribution in [1.29, 1.82) is 0 Å². The molecule has 0 unspecified atom stereocenters. The molecule has 2 aromatic rings. The summed E-state index contributed by atoms with van der Waals surface area (Å²) in [5.74, 6) is 0.327. The van der Waals surface area contributed by atoms with Crippen molar-refractivity contribution in [2.75, 3.05) is 20.2 Å². The molecule has 2 aliphatic rings. The highest BCUT2D eigenvalue weighted by Crippen LogP contribution is 2.30. The molecule has 2 aromatic carbocycles. The lowest BCUT2D eigenvalue weighted by Gasteiger charge is -2.38. The Morgan fingerprint density at radius 3 is 2.68 bits per heavy atom. The largest absolute Gasteiger partial charge is 0.497 e. The molecule has 1 spiro atoms. The number of halogens is 1. The zero-order valence-corrected chi connectivity index (χ0v) is 18.0. The van der Waals surface area contributed by atoms with Gasteiger partial charge >= 0.3 is 6.03 Å². The van der Waals surface area contributed by atoms with E-state index in [9.17, 15) is 14.4 Å². The molecule has 0 saturated carbocycles. The Kier molecular flexibility index (Phi) is 5.87. The number of nitrogens with one attached hydrogen (secondary N) is 1. The van der Waals surface area contributed by atoms with Gasteiger partial charge in [-0.3, -0.25) is 14.5 Å². The van der Waals surface area contributed by atoms with Crippen LogP contribution in [0.3, 0.4) is 0 Å². The Labute approximate surface area is 185 Å². The summed E-state index contributed by atoms with van der Waals surface area (Å²) in [6.45, 7) is 0.906. The summed E-state index contributed by atoms with van der Waals surface area (Å²) >= 11 is 5.92. The van der Waals surface area contributed by atoms with Crippen LogP contribution in [0.4, 0.5) is 4.79 Å². The van der Waals surface area contributed by atoms with E-state index in [1.165, 1.54) is 4.90 Å². The van der Waals surface area contributed by atoms with Gasteiger partial charge in [-0.2, -0.15) is 0 Å². The number of urea groups is 1. The second-order valence-corrected chi connectivity index (χ2v) is 8.41. The fraction of sp³-hybridized carbons (Fsp3) is 0.348. The minimum absolute atomic E-state index is 0.0782. The van der Waals surface area contributed by atoms with Gasteiger partial charge in [0.1, 0.15) is 11.3 Å². The molecule has 31 heavy (non-hydrogen) atoms. The SMILES string of the molecule is COc1cccc(CC(=O)N2CCC[C@]3(C2)NC(=O)N(Cc2ccc(Cl)cc2)C3=O)c1. The van der Waals surface area contributed by atoms with E-state index in [1.807, 2.05) is 24.3 Å². The predicted molar refractivity (Wildman–Crippen MR) is 116 cm³/mol. The van der Waals surface area contributed by atoms with E-state index >= 15 is 0 Å². The number of hydrogen-bond acceptors (Lipinski definition) is 4. The number of piperidine rings is 1. The van der Waals surface area contributed by atoms with Crippen LogP contribution in [-0.2, 0) is 22.6 Å². The lowest BCUT2D eigenvalue weighted by molar-refractivity contribution is -0.138. The van der Waals surface area contributed by atoms with Gasteiger partial charge in [0, 0.05) is 11.6 Å². The molecule has 0 bridgehead atoms. The summed E-state index contributed by atoms with van der Waals surface area (Å²) in [5.41, 5.74) is 0.591. The molecule has 1 atom stereocenters. The minimum atomic E-state index is -1.06. The molecular formula is C23H24ClN3O4. The zero-order chi connectivity index (χ0) is 22.0. The lowest BCUT2D eigenvalue weighted by atomic mass is 9.88. The highest BCUT2D eigenvalue weighted by Gasteiger charge is 2.53. The zero-order valence-electron chi connectivity index (χ0n) is 17.3. The highest BCUT2D eigenvalue weighted by molar-refractivity contribution is 6.30. The fourth-order valence-corrected chi connectivity index (χ4v) is 4.33. The molecule has 162 valence electrons. The van der Waals surface area contributed by atoms with Crippen molar-refractivity contribution in [3.63, 3.8) is 0 Å². The van der Waals surface area contributed by atoms with Gasteiger partial charge in [-0.05, 0) is 48.2 Å². The van der Waals surface area contributed by atoms with E-state index < -0.39 is 11.6 Å². The minimum Gasteiger partial charge on any atom is -0.497 e. The van der Waals surface area contributed by atoms with E-state index in [-0.39, 0.29) is 31.3 Å². The van der Waals surface area contributed by atoms with Gasteiger partial charge in [-0.15, -0.1) is 0 Å². The topological polar surface area (TPSA) is 79.0 Å². The van der Waals surface area contributed by atoms with Crippen molar-refractivity contribution in [3.05, 3.63) is 64.7 Å². The van der Waals surface area contributed by atoms with Crippen molar-refractivity contribution in [2.45, 2.75) is 31.3 Å². The number of benzene rings is 2. The normalized spacial score (nSPS) is 20.8. The molecule has 2 heterocycles. The van der Waals surface area contributed by atoms with Crippen LogP contribution in [-0.4, -0.2) is 53.4 Å². The third-order valence-electron chi connectivity index (χ3n) is 5.83. The number of methoxy groups -OCH3 is 1. The first-order chi connectivity index (χ1) is 14.9. The molecule has 2 saturated heterocycles. The van der Waals surface area contributed by atoms with Crippen LogP contribution in [0.15, 0.2) is 48.5 Å². The number of imide groups is 1. The van der Waals surface area contributed by atoms with Crippen molar-refractivity contribution in [1.82, 2.24) is 15.1 Å². The number of rotatable bonds is 5. The summed E-state index contributed by atoms with van der Waals surface area (Å²) in [4.78, 5) is 41.7. The number of hydrogen-bond donors (Lipinski definition) is 1. The fourth-order valence-electron chi connectivity index (χ4n) is 4.21. The first-order valence-electron chi connectivity index (χ1n) is 10.2. The molecule has 4 amide bonds. The lowest BCUT2D eigenvalue weighted by Crippen LogP contribution is -2.59. The van der Waals surface area contributed by atoms with Crippen LogP contribution >= 0.6 is 11.6 Å². The number of ether oxygens (including phenoxy) is 1. The summed E-state index contributed by atoms with van der Waals surface area (Å²) in [7, 11) is 1.58. The third-order valence-corrected chi connectivity index (χ3v) is 6.09. The van der Waals surface area contributed by atoms with E-state index in [0.29, 0.717) is 30.2 Å². The van der Waals surface area contributed by atoms with Crippen molar-refractivity contribution in [2.24, 2.45) is 0 Å². The van der Waals surface area contributed by atoms with Crippen molar-refractivity contribution < 1.29 is 19.1 Å². The van der Waals surface area contributed by atoms with Crippen LogP contribution in [0.25, 0.3) is 0 Å². The van der Waals surface area contributed by atoms with Crippen LogP contribution in [0.2, 0.25) is 5.02 Å². The molecule has 0 aromatic heterocycles. The Bertz CT molecular complexity index is 1010. The molecule has 7 nitrogen and oxygen atoms in total. The molecular weight excluding hydrogens is 418 g/mol. The van der Waals surface area contributed by atoms with E-state index in [2.05, 4.69) is 5.32 Å². The van der Waals surface area contributed by atoms with Crippen LogP contribution in [0, 0.1) is 0 Å². The first kappa shape index (κ1) is 21.2. The van der Waals surface area contributed by atoms with Crippen LogP contribution in [0.5, 0.6) is 5.75 Å². The summed E-state index contributed by atoms with van der Waals surface area (Å²) in [6, 6.07) is 14.0. The second-order valence-electron chi connectivity index (χ2n) is 7.98. The maximum atomic E-state index is 13.2. The third kappa shape index (κ3) is 4.37. The molecule has 4 rings (SSSR count). The molecule has 2 fully saturated rings. The van der Waals surface area contributed by atoms with Gasteiger partial charge in [0.05, 0.1) is 26.6 Å². The van der Waals surface area contributed by atoms with Gasteiger partial charge in [-0.1, -0.05) is 35.9 Å². The summed E-state index contributed by atoms with van der Waals surface area (Å²) in [5, 5.41) is 3.46. The Morgan fingerprint density at radius 2 is 1.94 bits per heavy atom. The van der Waals surface area contributed by atoms with Crippen molar-refractivity contribution in [3.8, 4) is 5.75 Å². The number of amides is 4. The number of nitrogens with zero attached hydrogens (tertiary/aromatic N) is 2. The monoisotopic (exact) mass is 441 g/mol. The molecule has 0 aliphatic carbocycles. The number of carbonyl (C=O) groups is 3. The van der Waals surface area contributed by atoms with Crippen LogP contribution < -0.4 is 10.1 Å². The second kappa shape index (κ2) is 8.59. The number of carbonyl (C=O) groups excluding carboxylic acids is 3. The van der Waals surface area contributed by atoms with Crippen LogP contribution in [0.1, 0.15) is 24.0 Å². The standard InChI is InChI=1S/C23H24ClN3O4/c1-31-19-5-2-4-17(12-19)13-20(28)26-11-3-10-23(15-26)21(29)27(22(30)25-23)14-16-6-8-18(24)9-7-16/h2,4-9,12H,3,10-11,13-15H2,1H3,(H,25,30)/t23-/m1/s1. The predicted octanol–water partition coefficient (Wildman–Crippen LogP) is 3.00. The molecule has 0 radical (unpaired) electrons. The average Bonchev–Trinajstić information content (AvgIpc) is 2.99. The smallest absolute Gasteiger partial charge is 0.325 e. The summed E-state index contributed by atoms with van der Waals surface area (Å²) in [6.07, 6.45) is 1.37. The van der Waals surface area contributed by atoms with E-state index in [1.54, 1.807) is 36.3 Å². The van der Waals surface area contributed by atoms with E-state index in [4.69, 9.17) is 16.3 Å². The number of likely N-dealkylation sites (tertiary alicyclic amines) is 1. The molecule has 1 N–H and O–H groups in total. The Balaban J connectivity index is 1.46. The maximum Gasteiger partial charge on any atom is 0.325 e. The molecule has 2 aliphatic heterocycles. The Morgan fingerprint density at radius 1 is 1.16 bits per heavy atom. The molecule has 8 heteroatoms. The first-order valence-corrected chi connectivity index (χ1v) is 10.6. The van der Waals surface area contributed by atoms with Gasteiger partial charge in [0.2, 0.25) is 5.91 Å². The summed E-state index contributed by atoms with van der Waals surface area (Å²) < 4.78 is 5.22. The van der Waals surface area contributed by atoms with Gasteiger partial charge in [0.15, 0.2) is 0 Å².